The first-order chi connectivity index (χ1) is 7.92. The monoisotopic (exact) mass is 240 g/mol. The number of hydrogen-bond donors (Lipinski definition) is 1. The first kappa shape index (κ1) is 10.9. The number of aliphatic imine (C=N–C) groups is 1. The molecule has 16 heavy (non-hydrogen) atoms. The lowest BCUT2D eigenvalue weighted by Gasteiger charge is -2.22. The van der Waals surface area contributed by atoms with Gasteiger partial charge in [-0.1, -0.05) is 11.8 Å². The van der Waals surface area contributed by atoms with E-state index in [1.165, 1.54) is 30.9 Å². The number of thioether (sulfide) groups is 1. The van der Waals surface area contributed by atoms with E-state index in [1.54, 1.807) is 0 Å². The van der Waals surface area contributed by atoms with Crippen LogP contribution in [0, 0.1) is 11.8 Å². The lowest BCUT2D eigenvalue weighted by molar-refractivity contribution is 0.0565. The molecule has 0 radical (unpaired) electrons. The molecule has 2 unspecified atom stereocenters. The Balaban J connectivity index is 1.38. The first-order valence-electron chi connectivity index (χ1n) is 6.44. The topological polar surface area (TPSA) is 33.6 Å². The van der Waals surface area contributed by atoms with E-state index in [9.17, 15) is 0 Å². The zero-order chi connectivity index (χ0) is 10.8. The van der Waals surface area contributed by atoms with E-state index < -0.39 is 0 Å². The van der Waals surface area contributed by atoms with E-state index >= 15 is 0 Å². The van der Waals surface area contributed by atoms with Gasteiger partial charge in [-0.3, -0.25) is 4.99 Å². The maximum atomic E-state index is 5.48. The van der Waals surface area contributed by atoms with Gasteiger partial charge in [-0.2, -0.15) is 0 Å². The van der Waals surface area contributed by atoms with E-state index in [4.69, 9.17) is 4.74 Å². The Kier molecular flexibility index (Phi) is 3.38. The second kappa shape index (κ2) is 4.96. The van der Waals surface area contributed by atoms with Crippen molar-refractivity contribution in [2.24, 2.45) is 16.8 Å². The highest BCUT2D eigenvalue weighted by Gasteiger charge is 2.35. The normalized spacial score (nSPS) is 34.9. The van der Waals surface area contributed by atoms with Crippen molar-refractivity contribution >= 4 is 16.9 Å². The Bertz CT molecular complexity index is 272. The molecule has 3 rings (SSSR count). The zero-order valence-electron chi connectivity index (χ0n) is 9.65. The van der Waals surface area contributed by atoms with E-state index in [0.29, 0.717) is 5.92 Å². The van der Waals surface area contributed by atoms with Crippen LogP contribution in [-0.2, 0) is 4.74 Å². The van der Waals surface area contributed by atoms with Gasteiger partial charge in [0.25, 0.3) is 0 Å². The summed E-state index contributed by atoms with van der Waals surface area (Å²) in [6.07, 6.45) is 5.38. The number of nitrogens with zero attached hydrogens (tertiary/aromatic N) is 1. The lowest BCUT2D eigenvalue weighted by atomic mass is 10.0. The minimum absolute atomic E-state index is 0.692. The third-order valence-electron chi connectivity index (χ3n) is 3.62. The van der Waals surface area contributed by atoms with Crippen LogP contribution in [0.5, 0.6) is 0 Å². The van der Waals surface area contributed by atoms with Gasteiger partial charge in [-0.15, -0.1) is 0 Å². The summed E-state index contributed by atoms with van der Waals surface area (Å²) in [5.74, 6) is 1.66. The molecule has 1 N–H and O–H groups in total. The fourth-order valence-electron chi connectivity index (χ4n) is 2.40. The summed E-state index contributed by atoms with van der Waals surface area (Å²) >= 11 is 1.97. The third kappa shape index (κ3) is 2.72. The number of hydrogen-bond acceptors (Lipinski definition) is 4. The quantitative estimate of drug-likeness (QED) is 0.818. The standard InChI is InChI=1S/C12H20N2OS/c1-2-9(8-15-5-1)6-13-12-14-7-11(16-12)10-3-4-10/h9-11H,1-8H2,(H,13,14). The number of ether oxygens (including phenoxy) is 1. The van der Waals surface area contributed by atoms with Gasteiger partial charge in [0, 0.05) is 18.4 Å². The van der Waals surface area contributed by atoms with Crippen molar-refractivity contribution in [3.8, 4) is 0 Å². The molecule has 1 saturated carbocycles. The van der Waals surface area contributed by atoms with Gasteiger partial charge in [0.1, 0.15) is 0 Å². The molecule has 2 heterocycles. The maximum absolute atomic E-state index is 5.48. The summed E-state index contributed by atoms with van der Waals surface area (Å²) < 4.78 is 5.48. The Hall–Kier alpha value is -0.220. The average molecular weight is 240 g/mol. The molecule has 1 saturated heterocycles. The van der Waals surface area contributed by atoms with Crippen molar-refractivity contribution < 1.29 is 4.74 Å². The molecule has 2 atom stereocenters. The van der Waals surface area contributed by atoms with Crippen LogP contribution < -0.4 is 5.32 Å². The Morgan fingerprint density at radius 3 is 3.06 bits per heavy atom. The van der Waals surface area contributed by atoms with Crippen molar-refractivity contribution in [1.29, 1.82) is 0 Å². The molecule has 3 nitrogen and oxygen atoms in total. The molecule has 0 aromatic rings. The summed E-state index contributed by atoms with van der Waals surface area (Å²) in [4.78, 5) is 4.59. The van der Waals surface area contributed by atoms with Crippen LogP contribution in [-0.4, -0.2) is 36.7 Å². The van der Waals surface area contributed by atoms with Gasteiger partial charge in [0.15, 0.2) is 5.17 Å². The van der Waals surface area contributed by atoms with Gasteiger partial charge < -0.3 is 10.1 Å². The zero-order valence-corrected chi connectivity index (χ0v) is 10.5. The number of nitrogens with one attached hydrogen (secondary N) is 1. The minimum Gasteiger partial charge on any atom is -0.381 e. The highest BCUT2D eigenvalue weighted by molar-refractivity contribution is 8.14. The smallest absolute Gasteiger partial charge is 0.156 e. The second-order valence-corrected chi connectivity index (χ2v) is 6.33. The van der Waals surface area contributed by atoms with Crippen LogP contribution in [0.1, 0.15) is 25.7 Å². The summed E-state index contributed by atoms with van der Waals surface area (Å²) in [5.41, 5.74) is 0. The van der Waals surface area contributed by atoms with Crippen molar-refractivity contribution in [1.82, 2.24) is 5.32 Å². The molecule has 4 heteroatoms. The molecular weight excluding hydrogens is 220 g/mol. The predicted molar refractivity (Wildman–Crippen MR) is 68.0 cm³/mol. The molecule has 2 aliphatic heterocycles. The molecule has 3 aliphatic rings. The van der Waals surface area contributed by atoms with Crippen molar-refractivity contribution in [3.63, 3.8) is 0 Å². The fraction of sp³-hybridized carbons (Fsp3) is 0.917. The van der Waals surface area contributed by atoms with E-state index in [0.717, 1.165) is 37.5 Å². The molecule has 90 valence electrons. The first-order valence-corrected chi connectivity index (χ1v) is 7.32. The van der Waals surface area contributed by atoms with Crippen LogP contribution >= 0.6 is 11.8 Å². The predicted octanol–water partition coefficient (Wildman–Crippen LogP) is 1.88. The summed E-state index contributed by atoms with van der Waals surface area (Å²) in [6.45, 7) is 3.97. The Morgan fingerprint density at radius 1 is 1.38 bits per heavy atom. The maximum Gasteiger partial charge on any atom is 0.156 e. The molecule has 0 aromatic heterocycles. The van der Waals surface area contributed by atoms with E-state index in [1.807, 2.05) is 11.8 Å². The fourth-order valence-corrected chi connectivity index (χ4v) is 3.62. The summed E-state index contributed by atoms with van der Waals surface area (Å²) in [6, 6.07) is 0. The van der Waals surface area contributed by atoms with Crippen molar-refractivity contribution in [3.05, 3.63) is 0 Å². The van der Waals surface area contributed by atoms with Gasteiger partial charge in [0.05, 0.1) is 13.2 Å². The van der Waals surface area contributed by atoms with Gasteiger partial charge in [-0.25, -0.2) is 0 Å². The Morgan fingerprint density at radius 2 is 2.31 bits per heavy atom. The van der Waals surface area contributed by atoms with E-state index in [-0.39, 0.29) is 0 Å². The van der Waals surface area contributed by atoms with Crippen LogP contribution in [0.4, 0.5) is 0 Å². The minimum atomic E-state index is 0.692. The molecule has 0 aromatic carbocycles. The van der Waals surface area contributed by atoms with Crippen LogP contribution in [0.25, 0.3) is 0 Å². The van der Waals surface area contributed by atoms with Gasteiger partial charge in [-0.05, 0) is 37.5 Å². The Labute approximate surface area is 101 Å². The number of amidine groups is 1. The van der Waals surface area contributed by atoms with Gasteiger partial charge in [0.2, 0.25) is 0 Å². The van der Waals surface area contributed by atoms with Crippen molar-refractivity contribution in [2.75, 3.05) is 26.3 Å². The number of rotatable bonds is 3. The van der Waals surface area contributed by atoms with Crippen LogP contribution in [0.2, 0.25) is 0 Å². The highest BCUT2D eigenvalue weighted by Crippen LogP contribution is 2.41. The molecule has 1 aliphatic carbocycles. The average Bonchev–Trinajstić information content (AvgIpc) is 3.08. The molecule has 0 spiro atoms. The largest absolute Gasteiger partial charge is 0.381 e. The molecule has 0 amide bonds. The molecule has 0 bridgehead atoms. The van der Waals surface area contributed by atoms with E-state index in [2.05, 4.69) is 10.3 Å². The van der Waals surface area contributed by atoms with Crippen LogP contribution in [0.3, 0.4) is 0 Å². The van der Waals surface area contributed by atoms with Crippen LogP contribution in [0.15, 0.2) is 4.99 Å². The van der Waals surface area contributed by atoms with Gasteiger partial charge >= 0.3 is 0 Å². The highest BCUT2D eigenvalue weighted by atomic mass is 32.2. The summed E-state index contributed by atoms with van der Waals surface area (Å²) in [5, 5.41) is 5.46. The third-order valence-corrected chi connectivity index (χ3v) is 4.96. The lowest BCUT2D eigenvalue weighted by Crippen LogP contribution is -2.31. The molecular formula is C12H20N2OS. The SMILES string of the molecule is C1COCC(CNC2=NCC(C3CC3)S2)C1. The van der Waals surface area contributed by atoms with Crippen molar-refractivity contribution in [2.45, 2.75) is 30.9 Å². The molecule has 2 fully saturated rings. The summed E-state index contributed by atoms with van der Waals surface area (Å²) in [7, 11) is 0. The second-order valence-electron chi connectivity index (χ2n) is 5.10.